The molecule has 0 saturated carbocycles. The van der Waals surface area contributed by atoms with E-state index in [1.54, 1.807) is 0 Å². The van der Waals surface area contributed by atoms with Crippen LogP contribution in [0.4, 0.5) is 0 Å². The van der Waals surface area contributed by atoms with Crippen LogP contribution in [0.5, 0.6) is 0 Å². The molecule has 1 unspecified atom stereocenters. The van der Waals surface area contributed by atoms with Crippen LogP contribution in [0.1, 0.15) is 19.3 Å². The Kier molecular flexibility index (Phi) is 3.13. The predicted octanol–water partition coefficient (Wildman–Crippen LogP) is 1.99. The van der Waals surface area contributed by atoms with Crippen LogP contribution in [0, 0.1) is 5.92 Å². The summed E-state index contributed by atoms with van der Waals surface area (Å²) in [4.78, 5) is 0. The average Bonchev–Trinajstić information content (AvgIpc) is 1.88. The number of hydrogen-bond donors (Lipinski definition) is 1. The van der Waals surface area contributed by atoms with Crippen LogP contribution in [0.2, 0.25) is 0 Å². The molecule has 0 saturated heterocycles. The Labute approximate surface area is 67.1 Å². The molecule has 2 heteroatoms. The maximum absolute atomic E-state index is 5.71. The quantitative estimate of drug-likeness (QED) is 0.663. The van der Waals surface area contributed by atoms with Gasteiger partial charge >= 0.3 is 0 Å². The molecule has 0 aromatic rings. The van der Waals surface area contributed by atoms with E-state index in [0.29, 0.717) is 0 Å². The van der Waals surface area contributed by atoms with Crippen LogP contribution in [0.3, 0.4) is 0 Å². The fourth-order valence-corrected chi connectivity index (χ4v) is 2.07. The topological polar surface area (TPSA) is 26.0 Å². The molecule has 0 aromatic carbocycles. The molecule has 0 fully saturated rings. The highest BCUT2D eigenvalue weighted by molar-refractivity contribution is 7.98. The van der Waals surface area contributed by atoms with E-state index >= 15 is 0 Å². The first-order chi connectivity index (χ1) is 4.83. The van der Waals surface area contributed by atoms with Gasteiger partial charge in [0, 0.05) is 5.70 Å². The van der Waals surface area contributed by atoms with Crippen molar-refractivity contribution < 1.29 is 0 Å². The Balaban J connectivity index is 2.38. The first-order valence-electron chi connectivity index (χ1n) is 3.78. The molecule has 1 atom stereocenters. The van der Waals surface area contributed by atoms with E-state index in [1.165, 1.54) is 18.6 Å². The summed E-state index contributed by atoms with van der Waals surface area (Å²) in [6, 6.07) is 0. The van der Waals surface area contributed by atoms with Gasteiger partial charge < -0.3 is 5.73 Å². The lowest BCUT2D eigenvalue weighted by atomic mass is 9.96. The van der Waals surface area contributed by atoms with E-state index in [2.05, 4.69) is 12.3 Å². The van der Waals surface area contributed by atoms with Crippen LogP contribution in [0.25, 0.3) is 0 Å². The first kappa shape index (κ1) is 7.99. The molecule has 1 aliphatic carbocycles. The van der Waals surface area contributed by atoms with Gasteiger partial charge in [-0.25, -0.2) is 0 Å². The monoisotopic (exact) mass is 157 g/mol. The Morgan fingerprint density at radius 1 is 1.80 bits per heavy atom. The summed E-state index contributed by atoms with van der Waals surface area (Å²) in [6.45, 7) is 0. The highest BCUT2D eigenvalue weighted by atomic mass is 32.2. The van der Waals surface area contributed by atoms with Gasteiger partial charge in [-0.1, -0.05) is 6.08 Å². The van der Waals surface area contributed by atoms with E-state index in [0.717, 1.165) is 18.0 Å². The molecule has 0 spiro atoms. The molecule has 58 valence electrons. The second-order valence-electron chi connectivity index (χ2n) is 2.85. The zero-order valence-corrected chi connectivity index (χ0v) is 7.29. The molecule has 1 rings (SSSR count). The van der Waals surface area contributed by atoms with Crippen molar-refractivity contribution >= 4 is 11.8 Å². The molecule has 1 nitrogen and oxygen atoms in total. The molecular formula is C8H15NS. The second-order valence-corrected chi connectivity index (χ2v) is 3.76. The zero-order chi connectivity index (χ0) is 7.40. The summed E-state index contributed by atoms with van der Waals surface area (Å²) in [7, 11) is 0. The van der Waals surface area contributed by atoms with Crippen molar-refractivity contribution in [1.82, 2.24) is 0 Å². The summed E-state index contributed by atoms with van der Waals surface area (Å²) in [5.74, 6) is 1.99. The molecule has 0 aromatic heterocycles. The van der Waals surface area contributed by atoms with Crippen LogP contribution in [0.15, 0.2) is 11.8 Å². The number of thioether (sulfide) groups is 1. The fraction of sp³-hybridized carbons (Fsp3) is 0.750. The third-order valence-corrected chi connectivity index (χ3v) is 2.63. The molecule has 0 amide bonds. The van der Waals surface area contributed by atoms with Gasteiger partial charge in [0.1, 0.15) is 0 Å². The SMILES string of the molecule is CSCC1C=C(N)CCC1. The molecule has 0 bridgehead atoms. The molecule has 0 heterocycles. The van der Waals surface area contributed by atoms with Crippen molar-refractivity contribution in [2.45, 2.75) is 19.3 Å². The van der Waals surface area contributed by atoms with Gasteiger partial charge in [-0.15, -0.1) is 0 Å². The minimum atomic E-state index is 0.753. The standard InChI is InChI=1S/C8H15NS/c1-10-6-7-3-2-4-8(9)5-7/h5,7H,2-4,6,9H2,1H3. The summed E-state index contributed by atoms with van der Waals surface area (Å²) in [6.07, 6.45) is 8.12. The molecular weight excluding hydrogens is 142 g/mol. The zero-order valence-electron chi connectivity index (χ0n) is 6.47. The summed E-state index contributed by atoms with van der Waals surface area (Å²) in [5.41, 5.74) is 6.81. The maximum Gasteiger partial charge on any atom is 0.00430 e. The third-order valence-electron chi connectivity index (χ3n) is 1.87. The largest absolute Gasteiger partial charge is 0.402 e. The van der Waals surface area contributed by atoms with E-state index in [9.17, 15) is 0 Å². The van der Waals surface area contributed by atoms with Gasteiger partial charge in [0.25, 0.3) is 0 Å². The summed E-state index contributed by atoms with van der Waals surface area (Å²) in [5, 5.41) is 0. The normalized spacial score (nSPS) is 26.1. The molecule has 0 aliphatic heterocycles. The number of rotatable bonds is 2. The van der Waals surface area contributed by atoms with E-state index in [1.807, 2.05) is 11.8 Å². The maximum atomic E-state index is 5.71. The van der Waals surface area contributed by atoms with Gasteiger partial charge in [-0.05, 0) is 37.2 Å². The van der Waals surface area contributed by atoms with Crippen LogP contribution < -0.4 is 5.73 Å². The van der Waals surface area contributed by atoms with Gasteiger partial charge in [0.15, 0.2) is 0 Å². The molecule has 10 heavy (non-hydrogen) atoms. The number of allylic oxidation sites excluding steroid dienone is 2. The van der Waals surface area contributed by atoms with Crippen LogP contribution >= 0.6 is 11.8 Å². The first-order valence-corrected chi connectivity index (χ1v) is 5.17. The Morgan fingerprint density at radius 2 is 2.60 bits per heavy atom. The average molecular weight is 157 g/mol. The summed E-state index contributed by atoms with van der Waals surface area (Å²) < 4.78 is 0. The summed E-state index contributed by atoms with van der Waals surface area (Å²) >= 11 is 1.91. The van der Waals surface area contributed by atoms with E-state index < -0.39 is 0 Å². The minimum absolute atomic E-state index is 0.753. The highest BCUT2D eigenvalue weighted by Crippen LogP contribution is 2.22. The van der Waals surface area contributed by atoms with E-state index in [-0.39, 0.29) is 0 Å². The van der Waals surface area contributed by atoms with Crippen LogP contribution in [-0.4, -0.2) is 12.0 Å². The molecule has 1 aliphatic rings. The van der Waals surface area contributed by atoms with Crippen molar-refractivity contribution in [2.24, 2.45) is 11.7 Å². The van der Waals surface area contributed by atoms with Crippen molar-refractivity contribution in [2.75, 3.05) is 12.0 Å². The lowest BCUT2D eigenvalue weighted by Gasteiger charge is -2.17. The Bertz CT molecular complexity index is 131. The minimum Gasteiger partial charge on any atom is -0.402 e. The van der Waals surface area contributed by atoms with Gasteiger partial charge in [-0.2, -0.15) is 11.8 Å². The Hall–Kier alpha value is -0.110. The van der Waals surface area contributed by atoms with Crippen molar-refractivity contribution in [3.63, 3.8) is 0 Å². The van der Waals surface area contributed by atoms with Gasteiger partial charge in [0.05, 0.1) is 0 Å². The Morgan fingerprint density at radius 3 is 3.20 bits per heavy atom. The van der Waals surface area contributed by atoms with Gasteiger partial charge in [-0.3, -0.25) is 0 Å². The fourth-order valence-electron chi connectivity index (χ4n) is 1.38. The van der Waals surface area contributed by atoms with Crippen LogP contribution in [-0.2, 0) is 0 Å². The lowest BCUT2D eigenvalue weighted by Crippen LogP contribution is -2.11. The third kappa shape index (κ3) is 2.25. The number of nitrogens with two attached hydrogens (primary N) is 1. The lowest BCUT2D eigenvalue weighted by molar-refractivity contribution is 0.572. The second kappa shape index (κ2) is 3.91. The van der Waals surface area contributed by atoms with Crippen molar-refractivity contribution in [3.05, 3.63) is 11.8 Å². The molecule has 0 radical (unpaired) electrons. The van der Waals surface area contributed by atoms with Gasteiger partial charge in [0.2, 0.25) is 0 Å². The van der Waals surface area contributed by atoms with Crippen molar-refractivity contribution in [1.29, 1.82) is 0 Å². The highest BCUT2D eigenvalue weighted by Gasteiger charge is 2.10. The number of hydrogen-bond acceptors (Lipinski definition) is 2. The van der Waals surface area contributed by atoms with Crippen molar-refractivity contribution in [3.8, 4) is 0 Å². The smallest absolute Gasteiger partial charge is 0.00430 e. The predicted molar refractivity (Wildman–Crippen MR) is 48.0 cm³/mol. The molecule has 2 N–H and O–H groups in total. The van der Waals surface area contributed by atoms with E-state index in [4.69, 9.17) is 5.73 Å².